The van der Waals surface area contributed by atoms with Gasteiger partial charge in [-0.05, 0) is 68.3 Å². The first kappa shape index (κ1) is 25.8. The number of fused-ring (bicyclic) bond motifs is 1. The SMILES string of the molecule is Cc1cccc(C)c1Nc1nc(C(C)N2CCN(S(=O)(=O)c3ccc(Br)cc3)CC2)nc2ccccc12. The van der Waals surface area contributed by atoms with Crippen molar-refractivity contribution in [2.75, 3.05) is 31.5 Å². The van der Waals surface area contributed by atoms with Gasteiger partial charge < -0.3 is 5.32 Å². The molecule has 1 aromatic heterocycles. The fraction of sp³-hybridized carbons (Fsp3) is 0.286. The summed E-state index contributed by atoms with van der Waals surface area (Å²) in [6.45, 7) is 8.31. The fourth-order valence-electron chi connectivity index (χ4n) is 4.76. The fourth-order valence-corrected chi connectivity index (χ4v) is 6.44. The lowest BCUT2D eigenvalue weighted by atomic mass is 10.1. The van der Waals surface area contributed by atoms with Gasteiger partial charge in [-0.25, -0.2) is 18.4 Å². The van der Waals surface area contributed by atoms with Crippen LogP contribution in [0.1, 0.15) is 29.9 Å². The molecule has 0 radical (unpaired) electrons. The molecule has 5 rings (SSSR count). The molecule has 0 aliphatic carbocycles. The summed E-state index contributed by atoms with van der Waals surface area (Å²) in [7, 11) is -3.53. The molecule has 2 heterocycles. The lowest BCUT2D eigenvalue weighted by Crippen LogP contribution is -2.49. The Balaban J connectivity index is 1.38. The molecule has 1 fully saturated rings. The van der Waals surface area contributed by atoms with E-state index in [1.165, 1.54) is 0 Å². The molecule has 37 heavy (non-hydrogen) atoms. The topological polar surface area (TPSA) is 78.4 Å². The normalized spacial score (nSPS) is 16.1. The predicted molar refractivity (Wildman–Crippen MR) is 152 cm³/mol. The molecular formula is C28H30BrN5O2S. The van der Waals surface area contributed by atoms with Gasteiger partial charge in [0.2, 0.25) is 10.0 Å². The smallest absolute Gasteiger partial charge is 0.243 e. The number of halogens is 1. The number of benzene rings is 3. The summed E-state index contributed by atoms with van der Waals surface area (Å²) in [6, 6.07) is 21.0. The summed E-state index contributed by atoms with van der Waals surface area (Å²) in [5, 5.41) is 4.53. The van der Waals surface area contributed by atoms with Crippen molar-refractivity contribution in [1.29, 1.82) is 0 Å². The maximum atomic E-state index is 13.1. The van der Waals surface area contributed by atoms with Gasteiger partial charge in [-0.3, -0.25) is 4.90 Å². The predicted octanol–water partition coefficient (Wildman–Crippen LogP) is 5.82. The highest BCUT2D eigenvalue weighted by Crippen LogP contribution is 2.30. The molecule has 0 spiro atoms. The molecule has 4 aromatic rings. The summed E-state index contributed by atoms with van der Waals surface area (Å²) < 4.78 is 28.7. The van der Waals surface area contributed by atoms with E-state index >= 15 is 0 Å². The second kappa shape index (κ2) is 10.5. The van der Waals surface area contributed by atoms with E-state index in [9.17, 15) is 8.42 Å². The van der Waals surface area contributed by atoms with Gasteiger partial charge >= 0.3 is 0 Å². The van der Waals surface area contributed by atoms with Crippen molar-refractivity contribution in [3.63, 3.8) is 0 Å². The van der Waals surface area contributed by atoms with Crippen molar-refractivity contribution in [2.45, 2.75) is 31.7 Å². The number of hydrogen-bond donors (Lipinski definition) is 1. The van der Waals surface area contributed by atoms with Gasteiger partial charge in [-0.15, -0.1) is 0 Å². The minimum absolute atomic E-state index is 0.0688. The number of piperazine rings is 1. The van der Waals surface area contributed by atoms with Crippen LogP contribution in [-0.2, 0) is 10.0 Å². The minimum Gasteiger partial charge on any atom is -0.339 e. The van der Waals surface area contributed by atoms with Crippen LogP contribution in [-0.4, -0.2) is 53.8 Å². The number of sulfonamides is 1. The number of hydrogen-bond acceptors (Lipinski definition) is 6. The summed E-state index contributed by atoms with van der Waals surface area (Å²) >= 11 is 3.37. The summed E-state index contributed by atoms with van der Waals surface area (Å²) in [4.78, 5) is 12.4. The quantitative estimate of drug-likeness (QED) is 0.310. The Bertz CT molecular complexity index is 1510. The Morgan fingerprint density at radius 2 is 1.51 bits per heavy atom. The van der Waals surface area contributed by atoms with Crippen LogP contribution in [0, 0.1) is 13.8 Å². The standard InChI is InChI=1S/C28H30BrN5O2S/c1-19-7-6-8-20(2)26(19)31-28-24-9-4-5-10-25(24)30-27(32-28)21(3)33-15-17-34(18-16-33)37(35,36)23-13-11-22(29)12-14-23/h4-14,21H,15-18H2,1-3H3,(H,30,31,32). The molecule has 9 heteroatoms. The van der Waals surface area contributed by atoms with Crippen molar-refractivity contribution in [3.8, 4) is 0 Å². The van der Waals surface area contributed by atoms with Crippen molar-refractivity contribution in [3.05, 3.63) is 88.2 Å². The summed E-state index contributed by atoms with van der Waals surface area (Å²) in [5.74, 6) is 1.50. The molecular weight excluding hydrogens is 550 g/mol. The molecule has 0 saturated carbocycles. The molecule has 1 aliphatic heterocycles. The Morgan fingerprint density at radius 3 is 2.19 bits per heavy atom. The first-order valence-electron chi connectivity index (χ1n) is 12.3. The van der Waals surface area contributed by atoms with E-state index < -0.39 is 10.0 Å². The molecule has 0 bridgehead atoms. The zero-order valence-corrected chi connectivity index (χ0v) is 23.6. The second-order valence-electron chi connectivity index (χ2n) is 9.41. The third kappa shape index (κ3) is 5.27. The van der Waals surface area contributed by atoms with Crippen LogP contribution in [0.2, 0.25) is 0 Å². The van der Waals surface area contributed by atoms with Crippen LogP contribution in [0.15, 0.2) is 76.1 Å². The van der Waals surface area contributed by atoms with E-state index in [-0.39, 0.29) is 6.04 Å². The number of aromatic nitrogens is 2. The Kier molecular flexibility index (Phi) is 7.31. The number of nitrogens with one attached hydrogen (secondary N) is 1. The molecule has 1 saturated heterocycles. The van der Waals surface area contributed by atoms with E-state index in [1.54, 1.807) is 28.6 Å². The van der Waals surface area contributed by atoms with Gasteiger partial charge in [-0.2, -0.15) is 4.31 Å². The van der Waals surface area contributed by atoms with Gasteiger partial charge in [0.05, 0.1) is 16.5 Å². The molecule has 1 unspecified atom stereocenters. The first-order chi connectivity index (χ1) is 17.7. The van der Waals surface area contributed by atoms with Gasteiger partial charge in [-0.1, -0.05) is 46.3 Å². The molecule has 7 nitrogen and oxygen atoms in total. The van der Waals surface area contributed by atoms with E-state index in [1.807, 2.05) is 24.3 Å². The largest absolute Gasteiger partial charge is 0.339 e. The lowest BCUT2D eigenvalue weighted by molar-refractivity contribution is 0.141. The van der Waals surface area contributed by atoms with Gasteiger partial charge in [0.1, 0.15) is 11.6 Å². The summed E-state index contributed by atoms with van der Waals surface area (Å²) in [5.41, 5.74) is 4.24. The number of rotatable bonds is 6. The highest BCUT2D eigenvalue weighted by molar-refractivity contribution is 9.10. The summed E-state index contributed by atoms with van der Waals surface area (Å²) in [6.07, 6.45) is 0. The van der Waals surface area contributed by atoms with Crippen molar-refractivity contribution < 1.29 is 8.42 Å². The lowest BCUT2D eigenvalue weighted by Gasteiger charge is -2.36. The minimum atomic E-state index is -3.53. The van der Waals surface area contributed by atoms with Crippen LogP contribution in [0.4, 0.5) is 11.5 Å². The maximum absolute atomic E-state index is 13.1. The van der Waals surface area contributed by atoms with Crippen LogP contribution in [0.5, 0.6) is 0 Å². The van der Waals surface area contributed by atoms with E-state index in [4.69, 9.17) is 9.97 Å². The van der Waals surface area contributed by atoms with Crippen LogP contribution in [0.25, 0.3) is 10.9 Å². The first-order valence-corrected chi connectivity index (χ1v) is 14.6. The second-order valence-corrected chi connectivity index (χ2v) is 12.3. The highest BCUT2D eigenvalue weighted by atomic mass is 79.9. The third-order valence-electron chi connectivity index (χ3n) is 6.99. The zero-order valence-electron chi connectivity index (χ0n) is 21.1. The van der Waals surface area contributed by atoms with E-state index in [0.717, 1.165) is 43.8 Å². The Hall–Kier alpha value is -2.85. The van der Waals surface area contributed by atoms with Gasteiger partial charge in [0, 0.05) is 41.7 Å². The average molecular weight is 581 g/mol. The van der Waals surface area contributed by atoms with Crippen molar-refractivity contribution >= 4 is 48.4 Å². The molecule has 3 aromatic carbocycles. The maximum Gasteiger partial charge on any atom is 0.243 e. The average Bonchev–Trinajstić information content (AvgIpc) is 2.90. The van der Waals surface area contributed by atoms with Crippen molar-refractivity contribution in [1.82, 2.24) is 19.2 Å². The van der Waals surface area contributed by atoms with Gasteiger partial charge in [0.15, 0.2) is 0 Å². The molecule has 1 atom stereocenters. The molecule has 0 amide bonds. The number of anilines is 2. The number of nitrogens with zero attached hydrogens (tertiary/aromatic N) is 4. The van der Waals surface area contributed by atoms with E-state index in [0.29, 0.717) is 31.1 Å². The highest BCUT2D eigenvalue weighted by Gasteiger charge is 2.31. The molecule has 1 N–H and O–H groups in total. The van der Waals surface area contributed by atoms with Crippen molar-refractivity contribution in [2.24, 2.45) is 0 Å². The third-order valence-corrected chi connectivity index (χ3v) is 9.43. The van der Waals surface area contributed by atoms with Crippen LogP contribution < -0.4 is 5.32 Å². The molecule has 192 valence electrons. The Labute approximate surface area is 226 Å². The number of aryl methyl sites for hydroxylation is 2. The zero-order chi connectivity index (χ0) is 26.2. The van der Waals surface area contributed by atoms with Crippen LogP contribution in [0.3, 0.4) is 0 Å². The Morgan fingerprint density at radius 1 is 0.865 bits per heavy atom. The molecule has 1 aliphatic rings. The van der Waals surface area contributed by atoms with Crippen LogP contribution >= 0.6 is 15.9 Å². The van der Waals surface area contributed by atoms with E-state index in [2.05, 4.69) is 65.1 Å². The monoisotopic (exact) mass is 579 g/mol. The van der Waals surface area contributed by atoms with Gasteiger partial charge in [0.25, 0.3) is 0 Å². The number of para-hydroxylation sites is 2.